The standard InChI is InChI=1S/C24H36F2N2O6/c1-2-7-32-18-9-16(8-17(26)11-18)10-19(27)22(29)20-13-33-21(12-28(20)23(30)31)34-15-24(14-25)5-3-4-6-24/h8-9,11,19-22,29H,2-7,10,12-15,27H2,1H3,(H,30,31)/t19-,20+,21-,22-/m0/s1. The molecule has 2 fully saturated rings. The number of hydrogen-bond donors (Lipinski definition) is 3. The third-order valence-corrected chi connectivity index (χ3v) is 6.68. The summed E-state index contributed by atoms with van der Waals surface area (Å²) in [6, 6.07) is 2.46. The third kappa shape index (κ3) is 6.78. The van der Waals surface area contributed by atoms with Crippen LogP contribution in [0.3, 0.4) is 0 Å². The van der Waals surface area contributed by atoms with Crippen molar-refractivity contribution < 1.29 is 38.0 Å². The molecule has 8 nitrogen and oxygen atoms in total. The number of aliphatic hydroxyl groups is 1. The van der Waals surface area contributed by atoms with Gasteiger partial charge in [0, 0.05) is 17.5 Å². The van der Waals surface area contributed by atoms with Crippen molar-refractivity contribution in [1.29, 1.82) is 0 Å². The van der Waals surface area contributed by atoms with Gasteiger partial charge >= 0.3 is 6.09 Å². The number of benzene rings is 1. The van der Waals surface area contributed by atoms with Crippen molar-refractivity contribution in [2.45, 2.75) is 69.9 Å². The van der Waals surface area contributed by atoms with E-state index in [1.54, 1.807) is 6.07 Å². The molecule has 1 aromatic rings. The van der Waals surface area contributed by atoms with Gasteiger partial charge in [-0.3, -0.25) is 9.29 Å². The lowest BCUT2D eigenvalue weighted by atomic mass is 9.89. The molecule has 3 rings (SSSR count). The number of rotatable bonds is 11. The number of amides is 1. The van der Waals surface area contributed by atoms with Gasteiger partial charge in [-0.05, 0) is 43.4 Å². The second-order valence-corrected chi connectivity index (χ2v) is 9.42. The zero-order valence-electron chi connectivity index (χ0n) is 19.6. The number of nitrogens with zero attached hydrogens (tertiary/aromatic N) is 1. The summed E-state index contributed by atoms with van der Waals surface area (Å²) in [5.41, 5.74) is 6.20. The second-order valence-electron chi connectivity index (χ2n) is 9.42. The number of alkyl halides is 1. The van der Waals surface area contributed by atoms with E-state index in [-0.39, 0.29) is 26.2 Å². The lowest BCUT2D eigenvalue weighted by Gasteiger charge is -2.41. The third-order valence-electron chi connectivity index (χ3n) is 6.68. The van der Waals surface area contributed by atoms with E-state index >= 15 is 0 Å². The molecule has 4 atom stereocenters. The first-order valence-corrected chi connectivity index (χ1v) is 11.9. The Morgan fingerprint density at radius 1 is 1.35 bits per heavy atom. The van der Waals surface area contributed by atoms with E-state index in [0.717, 1.165) is 37.0 Å². The van der Waals surface area contributed by atoms with Crippen LogP contribution < -0.4 is 10.5 Å². The summed E-state index contributed by atoms with van der Waals surface area (Å²) in [5, 5.41) is 20.6. The van der Waals surface area contributed by atoms with Crippen molar-refractivity contribution in [2.24, 2.45) is 11.1 Å². The lowest BCUT2D eigenvalue weighted by molar-refractivity contribution is -0.211. The van der Waals surface area contributed by atoms with Gasteiger partial charge in [0.25, 0.3) is 0 Å². The largest absolute Gasteiger partial charge is 0.493 e. The van der Waals surface area contributed by atoms with Crippen molar-refractivity contribution >= 4 is 6.09 Å². The quantitative estimate of drug-likeness (QED) is 0.440. The molecule has 10 heteroatoms. The average Bonchev–Trinajstić information content (AvgIpc) is 3.30. The number of ether oxygens (including phenoxy) is 3. The van der Waals surface area contributed by atoms with Gasteiger partial charge in [0.1, 0.15) is 11.6 Å². The number of carbonyl (C=O) groups is 1. The smallest absolute Gasteiger partial charge is 0.407 e. The molecule has 0 bridgehead atoms. The molecule has 1 saturated heterocycles. The van der Waals surface area contributed by atoms with Gasteiger partial charge in [0.15, 0.2) is 6.29 Å². The molecule has 0 radical (unpaired) electrons. The molecule has 192 valence electrons. The second kappa shape index (κ2) is 12.1. The normalized spacial score (nSPS) is 24.1. The molecule has 0 unspecified atom stereocenters. The number of morpholine rings is 1. The van der Waals surface area contributed by atoms with Crippen LogP contribution in [-0.4, -0.2) is 78.7 Å². The molecule has 4 N–H and O–H groups in total. The summed E-state index contributed by atoms with van der Waals surface area (Å²) in [7, 11) is 0. The number of aliphatic hydroxyl groups excluding tert-OH is 1. The zero-order valence-corrected chi connectivity index (χ0v) is 19.6. The van der Waals surface area contributed by atoms with Crippen LogP contribution in [-0.2, 0) is 15.9 Å². The minimum atomic E-state index is -1.26. The van der Waals surface area contributed by atoms with Gasteiger partial charge in [-0.2, -0.15) is 0 Å². The SMILES string of the molecule is CCCOc1cc(F)cc(C[C@H](N)[C@H](O)[C@H]2CO[C@@H](OCC3(CF)CCCC3)CN2C(=O)O)c1. The van der Waals surface area contributed by atoms with E-state index in [2.05, 4.69) is 0 Å². The van der Waals surface area contributed by atoms with Crippen LogP contribution in [0, 0.1) is 11.2 Å². The fourth-order valence-corrected chi connectivity index (χ4v) is 4.68. The zero-order chi connectivity index (χ0) is 24.7. The van der Waals surface area contributed by atoms with Crippen LogP contribution in [0.25, 0.3) is 0 Å². The van der Waals surface area contributed by atoms with E-state index < -0.39 is 48.5 Å². The van der Waals surface area contributed by atoms with E-state index in [4.69, 9.17) is 19.9 Å². The van der Waals surface area contributed by atoms with Crippen molar-refractivity contribution in [2.75, 3.05) is 33.0 Å². The predicted octanol–water partition coefficient (Wildman–Crippen LogP) is 3.10. The first-order chi connectivity index (χ1) is 16.3. The molecule has 1 aromatic carbocycles. The van der Waals surface area contributed by atoms with Crippen molar-refractivity contribution in [3.8, 4) is 5.75 Å². The van der Waals surface area contributed by atoms with Crippen LogP contribution in [0.1, 0.15) is 44.6 Å². The molecule has 0 aromatic heterocycles. The van der Waals surface area contributed by atoms with Gasteiger partial charge in [0.05, 0.1) is 45.2 Å². The van der Waals surface area contributed by atoms with Crippen LogP contribution in [0.2, 0.25) is 0 Å². The molecule has 34 heavy (non-hydrogen) atoms. The summed E-state index contributed by atoms with van der Waals surface area (Å²) >= 11 is 0. The first kappa shape index (κ1) is 26.6. The topological polar surface area (TPSA) is 114 Å². The first-order valence-electron chi connectivity index (χ1n) is 11.9. The van der Waals surface area contributed by atoms with E-state index in [1.165, 1.54) is 12.1 Å². The molecule has 0 spiro atoms. The maximum atomic E-state index is 14.0. The molecule has 2 aliphatic rings. The average molecular weight is 487 g/mol. The summed E-state index contributed by atoms with van der Waals surface area (Å²) in [5.74, 6) is -0.105. The van der Waals surface area contributed by atoms with Gasteiger partial charge in [-0.15, -0.1) is 0 Å². The molecule has 1 aliphatic heterocycles. The van der Waals surface area contributed by atoms with Crippen molar-refractivity contribution in [3.63, 3.8) is 0 Å². The van der Waals surface area contributed by atoms with Crippen LogP contribution in [0.4, 0.5) is 13.6 Å². The van der Waals surface area contributed by atoms with Gasteiger partial charge in [0.2, 0.25) is 0 Å². The Morgan fingerprint density at radius 3 is 2.74 bits per heavy atom. The molecule has 1 aliphatic carbocycles. The Morgan fingerprint density at radius 2 is 2.09 bits per heavy atom. The summed E-state index contributed by atoms with van der Waals surface area (Å²) < 4.78 is 44.4. The minimum absolute atomic E-state index is 0.115. The highest BCUT2D eigenvalue weighted by Crippen LogP contribution is 2.39. The number of hydrogen-bond acceptors (Lipinski definition) is 6. The van der Waals surface area contributed by atoms with Crippen LogP contribution in [0.15, 0.2) is 18.2 Å². The fraction of sp³-hybridized carbons (Fsp3) is 0.708. The molecular formula is C24H36F2N2O6. The van der Waals surface area contributed by atoms with Gasteiger partial charge in [-0.1, -0.05) is 19.8 Å². The van der Waals surface area contributed by atoms with Gasteiger partial charge in [-0.25, -0.2) is 9.18 Å². The van der Waals surface area contributed by atoms with Crippen LogP contribution in [0.5, 0.6) is 5.75 Å². The van der Waals surface area contributed by atoms with E-state index in [9.17, 15) is 23.8 Å². The fourth-order valence-electron chi connectivity index (χ4n) is 4.68. The highest BCUT2D eigenvalue weighted by molar-refractivity contribution is 5.65. The number of carboxylic acid groups (broad SMARTS) is 1. The molecule has 1 amide bonds. The molecular weight excluding hydrogens is 450 g/mol. The Balaban J connectivity index is 1.60. The summed E-state index contributed by atoms with van der Waals surface area (Å²) in [6.07, 6.45) is 0.915. The highest BCUT2D eigenvalue weighted by atomic mass is 19.1. The van der Waals surface area contributed by atoms with Crippen molar-refractivity contribution in [3.05, 3.63) is 29.6 Å². The molecule has 1 heterocycles. The predicted molar refractivity (Wildman–Crippen MR) is 121 cm³/mol. The lowest BCUT2D eigenvalue weighted by Crippen LogP contribution is -2.61. The Kier molecular flexibility index (Phi) is 9.47. The Bertz CT molecular complexity index is 808. The highest BCUT2D eigenvalue weighted by Gasteiger charge is 2.41. The maximum Gasteiger partial charge on any atom is 0.407 e. The van der Waals surface area contributed by atoms with Crippen molar-refractivity contribution in [1.82, 2.24) is 4.90 Å². The summed E-state index contributed by atoms with van der Waals surface area (Å²) in [6.45, 7) is 1.82. The van der Waals surface area contributed by atoms with E-state index in [0.29, 0.717) is 17.9 Å². The van der Waals surface area contributed by atoms with Crippen LogP contribution >= 0.6 is 0 Å². The van der Waals surface area contributed by atoms with Gasteiger partial charge < -0.3 is 30.2 Å². The minimum Gasteiger partial charge on any atom is -0.493 e. The summed E-state index contributed by atoms with van der Waals surface area (Å²) in [4.78, 5) is 13.0. The Labute approximate surface area is 199 Å². The number of nitrogens with two attached hydrogens (primary N) is 1. The number of halogens is 2. The van der Waals surface area contributed by atoms with E-state index in [1.807, 2.05) is 6.92 Å². The maximum absolute atomic E-state index is 14.0. The Hall–Kier alpha value is -2.01. The monoisotopic (exact) mass is 486 g/mol. The molecule has 1 saturated carbocycles.